The fraction of sp³-hybridized carbons (Fsp3) is 0.316. The molecule has 0 spiro atoms. The topological polar surface area (TPSA) is 24.5 Å². The Morgan fingerprint density at radius 2 is 2.00 bits per heavy atom. The smallest absolute Gasteiger partial charge is 0.188 e. The fourth-order valence-corrected chi connectivity index (χ4v) is 4.11. The highest BCUT2D eigenvalue weighted by Crippen LogP contribution is 2.46. The van der Waals surface area contributed by atoms with E-state index in [1.54, 1.807) is 0 Å². The number of hydrogen-bond donors (Lipinski definition) is 1. The van der Waals surface area contributed by atoms with Crippen molar-refractivity contribution in [3.05, 3.63) is 59.2 Å². The average molecular weight is 324 g/mol. The highest BCUT2D eigenvalue weighted by Gasteiger charge is 2.48. The number of fused-ring (bicyclic) bond motifs is 4. The van der Waals surface area contributed by atoms with E-state index < -0.39 is 5.72 Å². The van der Waals surface area contributed by atoms with Crippen LogP contribution in [0.2, 0.25) is 0 Å². The number of anilines is 1. The number of thiocarbonyl (C=S) groups is 1. The lowest BCUT2D eigenvalue weighted by molar-refractivity contribution is 0.0496. The lowest BCUT2D eigenvalue weighted by Crippen LogP contribution is -2.65. The quantitative estimate of drug-likeness (QED) is 0.793. The Labute approximate surface area is 142 Å². The monoisotopic (exact) mass is 324 g/mol. The first-order valence-corrected chi connectivity index (χ1v) is 8.35. The third-order valence-corrected chi connectivity index (χ3v) is 5.08. The Bertz CT molecular complexity index is 804. The van der Waals surface area contributed by atoms with E-state index in [0.717, 1.165) is 23.0 Å². The van der Waals surface area contributed by atoms with Gasteiger partial charge in [0.2, 0.25) is 0 Å². The third-order valence-electron chi connectivity index (χ3n) is 4.78. The van der Waals surface area contributed by atoms with Crippen molar-refractivity contribution < 1.29 is 4.74 Å². The van der Waals surface area contributed by atoms with Crippen LogP contribution in [-0.4, -0.2) is 10.8 Å². The maximum Gasteiger partial charge on any atom is 0.188 e. The Morgan fingerprint density at radius 1 is 1.22 bits per heavy atom. The fourth-order valence-electron chi connectivity index (χ4n) is 3.67. The molecule has 0 radical (unpaired) electrons. The van der Waals surface area contributed by atoms with Gasteiger partial charge in [-0.25, -0.2) is 0 Å². The van der Waals surface area contributed by atoms with Crippen LogP contribution in [0, 0.1) is 13.8 Å². The van der Waals surface area contributed by atoms with Gasteiger partial charge in [0.05, 0.1) is 6.04 Å². The summed E-state index contributed by atoms with van der Waals surface area (Å²) in [5, 5.41) is 4.24. The number of ether oxygens (including phenoxy) is 1. The third kappa shape index (κ3) is 2.20. The van der Waals surface area contributed by atoms with Crippen LogP contribution in [0.25, 0.3) is 0 Å². The summed E-state index contributed by atoms with van der Waals surface area (Å²) in [7, 11) is 0. The predicted molar refractivity (Wildman–Crippen MR) is 97.0 cm³/mol. The molecule has 0 aliphatic carbocycles. The molecular weight excluding hydrogens is 304 g/mol. The van der Waals surface area contributed by atoms with Crippen molar-refractivity contribution >= 4 is 23.0 Å². The Hall–Kier alpha value is -2.07. The number of benzene rings is 2. The van der Waals surface area contributed by atoms with Gasteiger partial charge in [0.25, 0.3) is 0 Å². The summed E-state index contributed by atoms with van der Waals surface area (Å²) in [6.07, 6.45) is 0.859. The average Bonchev–Trinajstić information content (AvgIpc) is 2.49. The van der Waals surface area contributed by atoms with E-state index in [9.17, 15) is 0 Å². The van der Waals surface area contributed by atoms with Gasteiger partial charge in [-0.05, 0) is 50.7 Å². The number of rotatable bonds is 1. The molecule has 2 atom stereocenters. The van der Waals surface area contributed by atoms with Crippen LogP contribution in [0.4, 0.5) is 5.69 Å². The standard InChI is InChI=1S/C19H20N2OS/c1-12-8-9-17-14(10-12)15-11-19(3,22-17)21(18(23)20-15)16-7-5-4-6-13(16)2/h4-10,15H,11H2,1-3H3,(H,20,23). The molecule has 2 aliphatic rings. The van der Waals surface area contributed by atoms with E-state index in [1.165, 1.54) is 16.7 Å². The Balaban J connectivity index is 1.83. The summed E-state index contributed by atoms with van der Waals surface area (Å²) < 4.78 is 6.44. The molecule has 2 heterocycles. The zero-order valence-electron chi connectivity index (χ0n) is 13.6. The van der Waals surface area contributed by atoms with Gasteiger partial charge in [-0.15, -0.1) is 0 Å². The molecular formula is C19H20N2OS. The SMILES string of the molecule is Cc1ccc2c(c1)C1CC(C)(O2)N(c2ccccc2C)C(=S)N1. The minimum atomic E-state index is -0.471. The van der Waals surface area contributed by atoms with Crippen molar-refractivity contribution in [2.24, 2.45) is 0 Å². The van der Waals surface area contributed by atoms with Gasteiger partial charge in [0.1, 0.15) is 5.75 Å². The molecule has 2 unspecified atom stereocenters. The Morgan fingerprint density at radius 3 is 2.78 bits per heavy atom. The second-order valence-electron chi connectivity index (χ2n) is 6.65. The second-order valence-corrected chi connectivity index (χ2v) is 7.03. The molecule has 2 bridgehead atoms. The van der Waals surface area contributed by atoms with Crippen LogP contribution < -0.4 is 15.0 Å². The Kier molecular flexibility index (Phi) is 3.13. The van der Waals surface area contributed by atoms with Crippen molar-refractivity contribution in [1.82, 2.24) is 5.32 Å². The van der Waals surface area contributed by atoms with Gasteiger partial charge in [0, 0.05) is 17.7 Å². The minimum Gasteiger partial charge on any atom is -0.467 e. The van der Waals surface area contributed by atoms with E-state index in [2.05, 4.69) is 61.3 Å². The molecule has 4 rings (SSSR count). The van der Waals surface area contributed by atoms with Crippen molar-refractivity contribution in [2.45, 2.75) is 39.0 Å². The van der Waals surface area contributed by atoms with Crippen molar-refractivity contribution in [3.63, 3.8) is 0 Å². The number of para-hydroxylation sites is 1. The van der Waals surface area contributed by atoms with E-state index in [-0.39, 0.29) is 6.04 Å². The maximum atomic E-state index is 6.44. The van der Waals surface area contributed by atoms with Crippen molar-refractivity contribution in [2.75, 3.05) is 4.90 Å². The van der Waals surface area contributed by atoms with Crippen LogP contribution in [-0.2, 0) is 0 Å². The lowest BCUT2D eigenvalue weighted by Gasteiger charge is -2.52. The van der Waals surface area contributed by atoms with Gasteiger partial charge in [-0.3, -0.25) is 4.90 Å². The van der Waals surface area contributed by atoms with Gasteiger partial charge in [0.15, 0.2) is 10.8 Å². The minimum absolute atomic E-state index is 0.205. The van der Waals surface area contributed by atoms with Gasteiger partial charge < -0.3 is 10.1 Å². The van der Waals surface area contributed by atoms with Crippen LogP contribution in [0.1, 0.15) is 36.1 Å². The molecule has 118 valence electrons. The number of nitrogens with zero attached hydrogens (tertiary/aromatic N) is 1. The molecule has 4 heteroatoms. The molecule has 2 aliphatic heterocycles. The largest absolute Gasteiger partial charge is 0.467 e. The summed E-state index contributed by atoms with van der Waals surface area (Å²) in [5.41, 5.74) is 4.26. The molecule has 1 N–H and O–H groups in total. The molecule has 0 aromatic heterocycles. The molecule has 3 nitrogen and oxygen atoms in total. The first kappa shape index (κ1) is 14.5. The first-order chi connectivity index (χ1) is 11.0. The van der Waals surface area contributed by atoms with E-state index >= 15 is 0 Å². The van der Waals surface area contributed by atoms with Gasteiger partial charge >= 0.3 is 0 Å². The molecule has 23 heavy (non-hydrogen) atoms. The zero-order valence-corrected chi connectivity index (χ0v) is 14.4. The first-order valence-electron chi connectivity index (χ1n) is 7.94. The second kappa shape index (κ2) is 4.96. The van der Waals surface area contributed by atoms with Crippen LogP contribution in [0.15, 0.2) is 42.5 Å². The van der Waals surface area contributed by atoms with Crippen LogP contribution >= 0.6 is 12.2 Å². The highest BCUT2D eigenvalue weighted by molar-refractivity contribution is 7.80. The van der Waals surface area contributed by atoms with Crippen LogP contribution in [0.3, 0.4) is 0 Å². The molecule has 0 amide bonds. The van der Waals surface area contributed by atoms with E-state index in [1.807, 2.05) is 12.1 Å². The normalized spacial score (nSPS) is 25.4. The number of hydrogen-bond acceptors (Lipinski definition) is 2. The highest BCUT2D eigenvalue weighted by atomic mass is 32.1. The van der Waals surface area contributed by atoms with Crippen molar-refractivity contribution in [3.8, 4) is 5.75 Å². The maximum absolute atomic E-state index is 6.44. The van der Waals surface area contributed by atoms with E-state index in [0.29, 0.717) is 0 Å². The summed E-state index contributed by atoms with van der Waals surface area (Å²) in [6, 6.07) is 14.9. The molecule has 2 aromatic rings. The summed E-state index contributed by atoms with van der Waals surface area (Å²) >= 11 is 5.69. The van der Waals surface area contributed by atoms with Crippen LogP contribution in [0.5, 0.6) is 5.75 Å². The lowest BCUT2D eigenvalue weighted by atomic mass is 9.89. The van der Waals surface area contributed by atoms with Gasteiger partial charge in [-0.2, -0.15) is 0 Å². The van der Waals surface area contributed by atoms with E-state index in [4.69, 9.17) is 17.0 Å². The molecule has 2 aromatic carbocycles. The molecule has 0 saturated carbocycles. The van der Waals surface area contributed by atoms with Gasteiger partial charge in [-0.1, -0.05) is 35.9 Å². The molecule has 1 saturated heterocycles. The summed E-state index contributed by atoms with van der Waals surface area (Å²) in [6.45, 7) is 6.34. The van der Waals surface area contributed by atoms with Crippen molar-refractivity contribution in [1.29, 1.82) is 0 Å². The zero-order chi connectivity index (χ0) is 16.2. The predicted octanol–water partition coefficient (Wildman–Crippen LogP) is 4.24. The number of aryl methyl sites for hydroxylation is 2. The summed E-state index contributed by atoms with van der Waals surface area (Å²) in [5.74, 6) is 0.947. The number of nitrogens with one attached hydrogen (secondary N) is 1. The summed E-state index contributed by atoms with van der Waals surface area (Å²) in [4.78, 5) is 2.12. The molecule has 1 fully saturated rings.